The lowest BCUT2D eigenvalue weighted by molar-refractivity contribution is -0.123. The Morgan fingerprint density at radius 3 is 2.50 bits per heavy atom. The van der Waals surface area contributed by atoms with E-state index in [0.717, 1.165) is 25.2 Å². The first kappa shape index (κ1) is 14.6. The minimum Gasteiger partial charge on any atom is -0.494 e. The molecule has 0 unspecified atom stereocenters. The molecule has 0 atom stereocenters. The van der Waals surface area contributed by atoms with Crippen LogP contribution in [0.25, 0.3) is 0 Å². The maximum Gasteiger partial charge on any atom is 0.222 e. The van der Waals surface area contributed by atoms with Gasteiger partial charge in [0.25, 0.3) is 0 Å². The molecular formula is C15H23NO2. The predicted molar refractivity (Wildman–Crippen MR) is 73.8 cm³/mol. The van der Waals surface area contributed by atoms with Crippen LogP contribution in [0.1, 0.15) is 32.8 Å². The number of benzene rings is 1. The van der Waals surface area contributed by atoms with Gasteiger partial charge in [0.05, 0.1) is 6.61 Å². The van der Waals surface area contributed by atoms with Crippen LogP contribution in [0.2, 0.25) is 0 Å². The first-order chi connectivity index (χ1) is 8.63. The molecule has 0 aromatic heterocycles. The van der Waals surface area contributed by atoms with Gasteiger partial charge in [0.15, 0.2) is 0 Å². The van der Waals surface area contributed by atoms with Crippen LogP contribution in [0, 0.1) is 5.92 Å². The fourth-order valence-corrected chi connectivity index (χ4v) is 1.51. The van der Waals surface area contributed by atoms with Gasteiger partial charge in [0, 0.05) is 12.5 Å². The quantitative estimate of drug-likeness (QED) is 0.807. The van der Waals surface area contributed by atoms with E-state index in [-0.39, 0.29) is 11.8 Å². The summed E-state index contributed by atoms with van der Waals surface area (Å²) in [6.07, 6.45) is 1.87. The first-order valence-corrected chi connectivity index (χ1v) is 6.63. The van der Waals surface area contributed by atoms with Gasteiger partial charge in [0.1, 0.15) is 5.75 Å². The number of hydrogen-bond acceptors (Lipinski definition) is 2. The summed E-state index contributed by atoms with van der Waals surface area (Å²) in [6, 6.07) is 8.06. The van der Waals surface area contributed by atoms with Crippen LogP contribution in [0.5, 0.6) is 5.75 Å². The highest BCUT2D eigenvalue weighted by Gasteiger charge is 2.05. The van der Waals surface area contributed by atoms with Crippen molar-refractivity contribution in [1.29, 1.82) is 0 Å². The summed E-state index contributed by atoms with van der Waals surface area (Å²) >= 11 is 0. The summed E-state index contributed by atoms with van der Waals surface area (Å²) < 4.78 is 5.51. The summed E-state index contributed by atoms with van der Waals surface area (Å²) in [5.41, 5.74) is 1.21. The summed E-state index contributed by atoms with van der Waals surface area (Å²) in [7, 11) is 0. The van der Waals surface area contributed by atoms with E-state index in [4.69, 9.17) is 4.74 Å². The van der Waals surface area contributed by atoms with Crippen molar-refractivity contribution in [3.8, 4) is 5.75 Å². The van der Waals surface area contributed by atoms with Crippen molar-refractivity contribution >= 4 is 5.91 Å². The number of amides is 1. The molecule has 100 valence electrons. The zero-order valence-electron chi connectivity index (χ0n) is 11.5. The third-order valence-electron chi connectivity index (χ3n) is 2.63. The highest BCUT2D eigenvalue weighted by molar-refractivity contribution is 5.77. The molecular weight excluding hydrogens is 226 g/mol. The predicted octanol–water partition coefficient (Wildman–Crippen LogP) is 2.79. The highest BCUT2D eigenvalue weighted by atomic mass is 16.5. The molecule has 0 saturated carbocycles. The van der Waals surface area contributed by atoms with Crippen molar-refractivity contribution in [1.82, 2.24) is 5.32 Å². The molecule has 1 aromatic carbocycles. The lowest BCUT2D eigenvalue weighted by atomic mass is 10.1. The molecule has 18 heavy (non-hydrogen) atoms. The zero-order valence-corrected chi connectivity index (χ0v) is 11.5. The molecule has 3 heteroatoms. The Kier molecular flexibility index (Phi) is 6.26. The van der Waals surface area contributed by atoms with Crippen molar-refractivity contribution < 1.29 is 9.53 Å². The van der Waals surface area contributed by atoms with E-state index in [1.807, 2.05) is 38.1 Å². The number of carbonyl (C=O) groups is 1. The summed E-state index contributed by atoms with van der Waals surface area (Å²) in [6.45, 7) is 7.33. The molecule has 0 bridgehead atoms. The minimum atomic E-state index is 0.0508. The summed E-state index contributed by atoms with van der Waals surface area (Å²) in [5, 5.41) is 2.91. The Morgan fingerprint density at radius 1 is 1.28 bits per heavy atom. The largest absolute Gasteiger partial charge is 0.494 e. The summed E-state index contributed by atoms with van der Waals surface area (Å²) in [4.78, 5) is 11.4. The maximum absolute atomic E-state index is 11.4. The maximum atomic E-state index is 11.4. The molecule has 0 aliphatic heterocycles. The average molecular weight is 249 g/mol. The van der Waals surface area contributed by atoms with Crippen LogP contribution in [-0.4, -0.2) is 19.1 Å². The van der Waals surface area contributed by atoms with Gasteiger partial charge in [-0.2, -0.15) is 0 Å². The third kappa shape index (κ3) is 5.21. The van der Waals surface area contributed by atoms with Gasteiger partial charge in [-0.1, -0.05) is 32.9 Å². The van der Waals surface area contributed by atoms with Crippen LogP contribution in [0.4, 0.5) is 0 Å². The molecule has 1 N–H and O–H groups in total. The molecule has 0 aliphatic carbocycles. The molecule has 0 saturated heterocycles. The molecule has 0 heterocycles. The van der Waals surface area contributed by atoms with Gasteiger partial charge in [-0.25, -0.2) is 0 Å². The topological polar surface area (TPSA) is 38.3 Å². The molecule has 0 fully saturated rings. The monoisotopic (exact) mass is 249 g/mol. The molecule has 1 aromatic rings. The van der Waals surface area contributed by atoms with Gasteiger partial charge in [-0.05, 0) is 30.5 Å². The van der Waals surface area contributed by atoms with E-state index in [9.17, 15) is 4.79 Å². The van der Waals surface area contributed by atoms with E-state index in [1.54, 1.807) is 0 Å². The number of ether oxygens (including phenoxy) is 1. The van der Waals surface area contributed by atoms with E-state index in [1.165, 1.54) is 5.56 Å². The van der Waals surface area contributed by atoms with E-state index in [0.29, 0.717) is 6.54 Å². The Labute approximate surface area is 110 Å². The van der Waals surface area contributed by atoms with Crippen LogP contribution in [-0.2, 0) is 11.2 Å². The highest BCUT2D eigenvalue weighted by Crippen LogP contribution is 2.12. The van der Waals surface area contributed by atoms with Crippen molar-refractivity contribution in [2.24, 2.45) is 5.92 Å². The van der Waals surface area contributed by atoms with Crippen molar-refractivity contribution in [2.75, 3.05) is 13.2 Å². The smallest absolute Gasteiger partial charge is 0.222 e. The molecule has 0 aliphatic rings. The normalized spacial score (nSPS) is 10.4. The lowest BCUT2D eigenvalue weighted by Gasteiger charge is -2.08. The molecule has 1 amide bonds. The number of carbonyl (C=O) groups excluding carboxylic acids is 1. The summed E-state index contributed by atoms with van der Waals surface area (Å²) in [5.74, 6) is 1.07. The van der Waals surface area contributed by atoms with Crippen LogP contribution in [0.3, 0.4) is 0 Å². The Hall–Kier alpha value is -1.51. The minimum absolute atomic E-state index is 0.0508. The van der Waals surface area contributed by atoms with Gasteiger partial charge < -0.3 is 10.1 Å². The van der Waals surface area contributed by atoms with Gasteiger partial charge in [-0.15, -0.1) is 0 Å². The second-order valence-corrected chi connectivity index (χ2v) is 4.69. The SMILES string of the molecule is CCCOc1ccc(CCNC(=O)C(C)C)cc1. The third-order valence-corrected chi connectivity index (χ3v) is 2.63. The van der Waals surface area contributed by atoms with Crippen molar-refractivity contribution in [2.45, 2.75) is 33.6 Å². The van der Waals surface area contributed by atoms with Gasteiger partial charge in [-0.3, -0.25) is 4.79 Å². The zero-order chi connectivity index (χ0) is 13.4. The fraction of sp³-hybridized carbons (Fsp3) is 0.533. The Bertz CT molecular complexity index is 357. The van der Waals surface area contributed by atoms with E-state index < -0.39 is 0 Å². The van der Waals surface area contributed by atoms with E-state index in [2.05, 4.69) is 12.2 Å². The van der Waals surface area contributed by atoms with E-state index >= 15 is 0 Å². The molecule has 1 rings (SSSR count). The van der Waals surface area contributed by atoms with Crippen molar-refractivity contribution in [3.05, 3.63) is 29.8 Å². The fourth-order valence-electron chi connectivity index (χ4n) is 1.51. The molecule has 3 nitrogen and oxygen atoms in total. The van der Waals surface area contributed by atoms with Crippen LogP contribution >= 0.6 is 0 Å². The first-order valence-electron chi connectivity index (χ1n) is 6.63. The average Bonchev–Trinajstić information content (AvgIpc) is 2.37. The standard InChI is InChI=1S/C15H23NO2/c1-4-11-18-14-7-5-13(6-8-14)9-10-16-15(17)12(2)3/h5-8,12H,4,9-11H2,1-3H3,(H,16,17). The number of nitrogens with one attached hydrogen (secondary N) is 1. The second-order valence-electron chi connectivity index (χ2n) is 4.69. The molecule has 0 radical (unpaired) electrons. The lowest BCUT2D eigenvalue weighted by Crippen LogP contribution is -2.29. The second kappa shape index (κ2) is 7.75. The number of hydrogen-bond donors (Lipinski definition) is 1. The Morgan fingerprint density at radius 2 is 1.94 bits per heavy atom. The Balaban J connectivity index is 2.33. The molecule has 0 spiro atoms. The van der Waals surface area contributed by atoms with Crippen LogP contribution in [0.15, 0.2) is 24.3 Å². The number of rotatable bonds is 7. The van der Waals surface area contributed by atoms with Crippen molar-refractivity contribution in [3.63, 3.8) is 0 Å². The van der Waals surface area contributed by atoms with Gasteiger partial charge in [0.2, 0.25) is 5.91 Å². The van der Waals surface area contributed by atoms with Crippen LogP contribution < -0.4 is 10.1 Å². The van der Waals surface area contributed by atoms with Gasteiger partial charge >= 0.3 is 0 Å².